The van der Waals surface area contributed by atoms with Crippen molar-refractivity contribution in [3.8, 4) is 0 Å². The van der Waals surface area contributed by atoms with Crippen LogP contribution in [-0.2, 0) is 6.54 Å². The third-order valence-corrected chi connectivity index (χ3v) is 3.56. The Balaban J connectivity index is 2.20. The molecular weight excluding hydrogens is 288 g/mol. The molecule has 0 spiro atoms. The summed E-state index contributed by atoms with van der Waals surface area (Å²) in [4.78, 5) is 23.4. The highest BCUT2D eigenvalue weighted by Crippen LogP contribution is 2.23. The zero-order valence-electron chi connectivity index (χ0n) is 12.6. The number of hydrogen-bond acceptors (Lipinski definition) is 4. The minimum Gasteiger partial charge on any atom is -0.376 e. The zero-order valence-corrected chi connectivity index (χ0v) is 13.4. The topological polar surface area (TPSA) is 58.2 Å². The van der Waals surface area contributed by atoms with Crippen LogP contribution in [-0.4, -0.2) is 5.54 Å². The van der Waals surface area contributed by atoms with Gasteiger partial charge in [0.15, 0.2) is 0 Å². The van der Waals surface area contributed by atoms with Crippen molar-refractivity contribution in [3.63, 3.8) is 0 Å². The molecular formula is C16H19ClN2O2. The highest BCUT2D eigenvalue weighted by atomic mass is 35.5. The predicted octanol–water partition coefficient (Wildman–Crippen LogP) is 3.07. The summed E-state index contributed by atoms with van der Waals surface area (Å²) in [5, 5.41) is 6.74. The van der Waals surface area contributed by atoms with Crippen LogP contribution in [0.2, 0.25) is 5.02 Å². The van der Waals surface area contributed by atoms with Crippen molar-refractivity contribution < 1.29 is 0 Å². The van der Waals surface area contributed by atoms with Gasteiger partial charge in [-0.1, -0.05) is 23.7 Å². The van der Waals surface area contributed by atoms with Gasteiger partial charge in [-0.15, -0.1) is 0 Å². The average Bonchev–Trinajstić information content (AvgIpc) is 2.39. The number of benzene rings is 1. The summed E-state index contributed by atoms with van der Waals surface area (Å²) in [5.74, 6) is 0. The van der Waals surface area contributed by atoms with Gasteiger partial charge in [0, 0.05) is 17.1 Å². The molecule has 0 radical (unpaired) electrons. The molecule has 4 nitrogen and oxygen atoms in total. The molecule has 0 aliphatic heterocycles. The van der Waals surface area contributed by atoms with Gasteiger partial charge in [0.25, 0.3) is 10.9 Å². The molecule has 0 heterocycles. The van der Waals surface area contributed by atoms with Gasteiger partial charge in [-0.3, -0.25) is 9.59 Å². The van der Waals surface area contributed by atoms with Crippen molar-refractivity contribution in [2.45, 2.75) is 39.8 Å². The van der Waals surface area contributed by atoms with E-state index in [0.29, 0.717) is 22.9 Å². The maximum atomic E-state index is 11.7. The molecule has 2 aromatic rings. The lowest BCUT2D eigenvalue weighted by Gasteiger charge is -2.25. The van der Waals surface area contributed by atoms with E-state index in [-0.39, 0.29) is 5.54 Å². The van der Waals surface area contributed by atoms with Gasteiger partial charge >= 0.3 is 0 Å². The molecule has 0 aromatic heterocycles. The molecule has 0 aliphatic rings. The normalized spacial score (nSPS) is 11.7. The third-order valence-electron chi connectivity index (χ3n) is 3.21. The van der Waals surface area contributed by atoms with Crippen LogP contribution in [0.15, 0.2) is 27.8 Å². The SMILES string of the molecule is Cc1cccc(Cl)c1CNc1c(NC(C)(C)C)c(=O)c1=O. The Morgan fingerprint density at radius 2 is 1.71 bits per heavy atom. The summed E-state index contributed by atoms with van der Waals surface area (Å²) in [6.45, 7) is 8.18. The van der Waals surface area contributed by atoms with E-state index in [2.05, 4.69) is 10.6 Å². The number of nitrogens with one attached hydrogen (secondary N) is 2. The van der Waals surface area contributed by atoms with E-state index in [1.54, 1.807) is 0 Å². The van der Waals surface area contributed by atoms with Crippen LogP contribution in [0.3, 0.4) is 0 Å². The molecule has 0 aliphatic carbocycles. The van der Waals surface area contributed by atoms with Crippen LogP contribution in [0, 0.1) is 6.92 Å². The molecule has 2 N–H and O–H groups in total. The lowest BCUT2D eigenvalue weighted by molar-refractivity contribution is 0.632. The molecule has 0 amide bonds. The van der Waals surface area contributed by atoms with Gasteiger partial charge in [0.1, 0.15) is 11.4 Å². The van der Waals surface area contributed by atoms with Crippen LogP contribution in [0.5, 0.6) is 0 Å². The van der Waals surface area contributed by atoms with Crippen LogP contribution < -0.4 is 21.5 Å². The number of halogens is 1. The van der Waals surface area contributed by atoms with E-state index in [9.17, 15) is 9.59 Å². The minimum absolute atomic E-state index is 0.279. The molecule has 0 saturated heterocycles. The van der Waals surface area contributed by atoms with Crippen molar-refractivity contribution in [1.29, 1.82) is 0 Å². The molecule has 2 aromatic carbocycles. The lowest BCUT2D eigenvalue weighted by atomic mass is 10.1. The lowest BCUT2D eigenvalue weighted by Crippen LogP contribution is -2.41. The number of aryl methyl sites for hydroxylation is 1. The van der Waals surface area contributed by atoms with E-state index in [1.807, 2.05) is 45.9 Å². The van der Waals surface area contributed by atoms with Gasteiger partial charge in [-0.2, -0.15) is 0 Å². The smallest absolute Gasteiger partial charge is 0.253 e. The maximum absolute atomic E-state index is 11.7. The zero-order chi connectivity index (χ0) is 15.8. The molecule has 5 heteroatoms. The van der Waals surface area contributed by atoms with E-state index in [4.69, 9.17) is 11.6 Å². The first kappa shape index (κ1) is 15.6. The molecule has 0 unspecified atom stereocenters. The van der Waals surface area contributed by atoms with Gasteiger partial charge in [-0.05, 0) is 44.9 Å². The number of hydrogen-bond donors (Lipinski definition) is 2. The van der Waals surface area contributed by atoms with Crippen LogP contribution >= 0.6 is 11.6 Å². The van der Waals surface area contributed by atoms with E-state index < -0.39 is 10.9 Å². The van der Waals surface area contributed by atoms with Crippen molar-refractivity contribution in [2.24, 2.45) is 0 Å². The van der Waals surface area contributed by atoms with Crippen molar-refractivity contribution in [1.82, 2.24) is 0 Å². The summed E-state index contributed by atoms with van der Waals surface area (Å²) in [5.41, 5.74) is 1.44. The summed E-state index contributed by atoms with van der Waals surface area (Å²) in [6, 6.07) is 5.65. The Hall–Kier alpha value is -1.81. The average molecular weight is 307 g/mol. The second kappa shape index (κ2) is 5.53. The van der Waals surface area contributed by atoms with Crippen molar-refractivity contribution in [3.05, 3.63) is 54.8 Å². The second-order valence-electron chi connectivity index (χ2n) is 6.17. The quantitative estimate of drug-likeness (QED) is 0.852. The van der Waals surface area contributed by atoms with E-state index in [1.165, 1.54) is 0 Å². The monoisotopic (exact) mass is 306 g/mol. The molecule has 0 atom stereocenters. The summed E-state index contributed by atoms with van der Waals surface area (Å²) < 4.78 is 0. The highest BCUT2D eigenvalue weighted by Gasteiger charge is 2.24. The first-order valence-electron chi connectivity index (χ1n) is 6.80. The Kier molecular flexibility index (Phi) is 4.10. The number of rotatable bonds is 4. The second-order valence-corrected chi connectivity index (χ2v) is 6.58. The largest absolute Gasteiger partial charge is 0.376 e. The summed E-state index contributed by atoms with van der Waals surface area (Å²) in [7, 11) is 0. The Morgan fingerprint density at radius 1 is 1.10 bits per heavy atom. The van der Waals surface area contributed by atoms with Crippen LogP contribution in [0.4, 0.5) is 11.4 Å². The van der Waals surface area contributed by atoms with Gasteiger partial charge < -0.3 is 10.6 Å². The Morgan fingerprint density at radius 3 is 2.29 bits per heavy atom. The maximum Gasteiger partial charge on any atom is 0.253 e. The molecule has 21 heavy (non-hydrogen) atoms. The highest BCUT2D eigenvalue weighted by molar-refractivity contribution is 6.31. The standard InChI is InChI=1S/C16H19ClN2O2/c1-9-6-5-7-11(17)10(9)8-18-12-13(15(21)14(12)20)19-16(2,3)4/h5-7,18-19H,8H2,1-4H3. The fourth-order valence-corrected chi connectivity index (χ4v) is 2.41. The van der Waals surface area contributed by atoms with Crippen molar-refractivity contribution >= 4 is 23.0 Å². The molecule has 0 saturated carbocycles. The summed E-state index contributed by atoms with van der Waals surface area (Å²) in [6.07, 6.45) is 0. The van der Waals surface area contributed by atoms with Crippen LogP contribution in [0.1, 0.15) is 31.9 Å². The van der Waals surface area contributed by atoms with Gasteiger partial charge in [-0.25, -0.2) is 0 Å². The Bertz CT molecular complexity index is 717. The molecule has 0 fully saturated rings. The van der Waals surface area contributed by atoms with Crippen molar-refractivity contribution in [2.75, 3.05) is 10.6 Å². The minimum atomic E-state index is -0.480. The van der Waals surface area contributed by atoms with E-state index >= 15 is 0 Å². The Labute approximate surface area is 128 Å². The van der Waals surface area contributed by atoms with Crippen LogP contribution in [0.25, 0.3) is 0 Å². The van der Waals surface area contributed by atoms with Gasteiger partial charge in [0.2, 0.25) is 0 Å². The molecule has 0 bridgehead atoms. The first-order valence-corrected chi connectivity index (χ1v) is 7.18. The van der Waals surface area contributed by atoms with E-state index in [0.717, 1.165) is 11.1 Å². The molecule has 2 rings (SSSR count). The fraction of sp³-hybridized carbons (Fsp3) is 0.375. The first-order chi connectivity index (χ1) is 9.70. The summed E-state index contributed by atoms with van der Waals surface area (Å²) >= 11 is 6.16. The third kappa shape index (κ3) is 3.27. The van der Waals surface area contributed by atoms with Gasteiger partial charge in [0.05, 0.1) is 0 Å². The predicted molar refractivity (Wildman–Crippen MR) is 88.2 cm³/mol. The number of anilines is 2. The molecule has 112 valence electrons. The fourth-order valence-electron chi connectivity index (χ4n) is 2.12.